The lowest BCUT2D eigenvalue weighted by molar-refractivity contribution is 0.329. The molecule has 1 aromatic carbocycles. The molecular formula is C16H22OS. The van der Waals surface area contributed by atoms with Crippen LogP contribution in [0.4, 0.5) is 0 Å². The molecule has 0 saturated carbocycles. The van der Waals surface area contributed by atoms with Gasteiger partial charge in [0.05, 0.1) is 6.61 Å². The zero-order valence-corrected chi connectivity index (χ0v) is 12.5. The first kappa shape index (κ1) is 14.9. The first-order chi connectivity index (χ1) is 8.42. The fraction of sp³-hybridized carbons (Fsp3) is 0.438. The molecule has 98 valence electrons. The van der Waals surface area contributed by atoms with Crippen molar-refractivity contribution in [3.8, 4) is 0 Å². The van der Waals surface area contributed by atoms with Gasteiger partial charge in [-0.05, 0) is 42.6 Å². The van der Waals surface area contributed by atoms with E-state index < -0.39 is 0 Å². The summed E-state index contributed by atoms with van der Waals surface area (Å²) < 4.78 is 5.49. The molecule has 1 aromatic rings. The Kier molecular flexibility index (Phi) is 5.54. The van der Waals surface area contributed by atoms with Gasteiger partial charge in [0.2, 0.25) is 0 Å². The molecule has 2 heteroatoms. The molecule has 0 aliphatic carbocycles. The number of benzene rings is 1. The predicted octanol–water partition coefficient (Wildman–Crippen LogP) is 4.87. The van der Waals surface area contributed by atoms with Crippen LogP contribution in [0.3, 0.4) is 0 Å². The van der Waals surface area contributed by atoms with Crippen LogP contribution in [-0.2, 0) is 4.74 Å². The Hall–Kier alpha value is -1.15. The fourth-order valence-electron chi connectivity index (χ4n) is 1.73. The molecule has 0 fully saturated rings. The molecule has 1 rings (SSSR count). The Bertz CT molecular complexity index is 412. The molecule has 0 spiro atoms. The van der Waals surface area contributed by atoms with E-state index in [2.05, 4.69) is 39.0 Å². The number of hydrogen-bond acceptors (Lipinski definition) is 2. The van der Waals surface area contributed by atoms with Crippen LogP contribution in [0.1, 0.15) is 39.7 Å². The molecule has 0 aliphatic heterocycles. The van der Waals surface area contributed by atoms with Crippen LogP contribution >= 0.6 is 12.2 Å². The Morgan fingerprint density at radius 1 is 1.22 bits per heavy atom. The summed E-state index contributed by atoms with van der Waals surface area (Å²) in [5.41, 5.74) is 2.46. The SMILES string of the molecule is CCOC(=S)C(=Cc1ccccc1)CC(C)(C)C. The summed E-state index contributed by atoms with van der Waals surface area (Å²) >= 11 is 5.35. The zero-order chi connectivity index (χ0) is 13.6. The van der Waals surface area contributed by atoms with Crippen molar-refractivity contribution in [2.45, 2.75) is 34.1 Å². The first-order valence-corrected chi connectivity index (χ1v) is 6.76. The van der Waals surface area contributed by atoms with Crippen molar-refractivity contribution >= 4 is 23.3 Å². The van der Waals surface area contributed by atoms with Crippen molar-refractivity contribution < 1.29 is 4.74 Å². The van der Waals surface area contributed by atoms with Crippen LogP contribution in [0, 0.1) is 5.41 Å². The van der Waals surface area contributed by atoms with Crippen molar-refractivity contribution in [3.63, 3.8) is 0 Å². The van der Waals surface area contributed by atoms with E-state index in [-0.39, 0.29) is 5.41 Å². The monoisotopic (exact) mass is 262 g/mol. The third kappa shape index (κ3) is 5.46. The van der Waals surface area contributed by atoms with Gasteiger partial charge in [0.15, 0.2) is 5.05 Å². The van der Waals surface area contributed by atoms with Crippen LogP contribution in [0.25, 0.3) is 6.08 Å². The summed E-state index contributed by atoms with van der Waals surface area (Å²) in [5, 5.41) is 0.622. The van der Waals surface area contributed by atoms with Crippen molar-refractivity contribution in [3.05, 3.63) is 41.5 Å². The zero-order valence-electron chi connectivity index (χ0n) is 11.7. The van der Waals surface area contributed by atoms with Crippen LogP contribution in [0.15, 0.2) is 35.9 Å². The summed E-state index contributed by atoms with van der Waals surface area (Å²) in [4.78, 5) is 0. The lowest BCUT2D eigenvalue weighted by Crippen LogP contribution is -2.13. The van der Waals surface area contributed by atoms with Gasteiger partial charge in [-0.3, -0.25) is 0 Å². The number of ether oxygens (including phenoxy) is 1. The first-order valence-electron chi connectivity index (χ1n) is 6.35. The minimum absolute atomic E-state index is 0.196. The van der Waals surface area contributed by atoms with Crippen molar-refractivity contribution in [1.82, 2.24) is 0 Å². The highest BCUT2D eigenvalue weighted by Crippen LogP contribution is 2.26. The summed E-state index contributed by atoms with van der Waals surface area (Å²) in [6.07, 6.45) is 3.05. The van der Waals surface area contributed by atoms with Gasteiger partial charge in [0.25, 0.3) is 0 Å². The molecule has 0 heterocycles. The average Bonchev–Trinajstić information content (AvgIpc) is 2.28. The predicted molar refractivity (Wildman–Crippen MR) is 82.7 cm³/mol. The summed E-state index contributed by atoms with van der Waals surface area (Å²) in [6.45, 7) is 9.21. The van der Waals surface area contributed by atoms with Gasteiger partial charge in [-0.15, -0.1) is 0 Å². The second kappa shape index (κ2) is 6.69. The van der Waals surface area contributed by atoms with E-state index in [0.29, 0.717) is 11.7 Å². The van der Waals surface area contributed by atoms with Gasteiger partial charge >= 0.3 is 0 Å². The van der Waals surface area contributed by atoms with Gasteiger partial charge in [-0.25, -0.2) is 0 Å². The number of rotatable bonds is 4. The average molecular weight is 262 g/mol. The summed E-state index contributed by atoms with van der Waals surface area (Å²) in [5.74, 6) is 0. The maximum absolute atomic E-state index is 5.49. The largest absolute Gasteiger partial charge is 0.483 e. The maximum Gasteiger partial charge on any atom is 0.186 e. The molecular weight excluding hydrogens is 240 g/mol. The molecule has 0 aliphatic rings. The summed E-state index contributed by atoms with van der Waals surface area (Å²) in [7, 11) is 0. The maximum atomic E-state index is 5.49. The topological polar surface area (TPSA) is 9.23 Å². The second-order valence-electron chi connectivity index (χ2n) is 5.54. The van der Waals surface area contributed by atoms with E-state index in [1.54, 1.807) is 0 Å². The molecule has 0 atom stereocenters. The lowest BCUT2D eigenvalue weighted by Gasteiger charge is -2.21. The Balaban J connectivity index is 2.97. The molecule has 0 N–H and O–H groups in total. The van der Waals surface area contributed by atoms with Gasteiger partial charge in [0.1, 0.15) is 0 Å². The molecule has 0 bridgehead atoms. The fourth-order valence-corrected chi connectivity index (χ4v) is 1.98. The van der Waals surface area contributed by atoms with Crippen LogP contribution in [-0.4, -0.2) is 11.7 Å². The van der Waals surface area contributed by atoms with Crippen LogP contribution < -0.4 is 0 Å². The van der Waals surface area contributed by atoms with E-state index in [9.17, 15) is 0 Å². The molecule has 0 amide bonds. The quantitative estimate of drug-likeness (QED) is 0.565. The third-order valence-electron chi connectivity index (χ3n) is 2.40. The Morgan fingerprint density at radius 3 is 2.33 bits per heavy atom. The van der Waals surface area contributed by atoms with Crippen LogP contribution in [0.5, 0.6) is 0 Å². The van der Waals surface area contributed by atoms with Crippen molar-refractivity contribution in [2.24, 2.45) is 5.41 Å². The van der Waals surface area contributed by atoms with Gasteiger partial charge in [-0.2, -0.15) is 0 Å². The van der Waals surface area contributed by atoms with E-state index in [1.807, 2.05) is 25.1 Å². The molecule has 1 nitrogen and oxygen atoms in total. The van der Waals surface area contributed by atoms with E-state index >= 15 is 0 Å². The Labute approximate surface area is 116 Å². The Morgan fingerprint density at radius 2 is 1.83 bits per heavy atom. The summed E-state index contributed by atoms with van der Waals surface area (Å²) in [6, 6.07) is 10.2. The second-order valence-corrected chi connectivity index (χ2v) is 5.91. The minimum Gasteiger partial charge on any atom is -0.483 e. The molecule has 0 radical (unpaired) electrons. The van der Waals surface area contributed by atoms with E-state index in [1.165, 1.54) is 5.56 Å². The standard InChI is InChI=1S/C16H22OS/c1-5-17-15(18)14(12-16(2,3)4)11-13-9-7-6-8-10-13/h6-11H,5,12H2,1-4H3. The lowest BCUT2D eigenvalue weighted by atomic mass is 9.87. The van der Waals surface area contributed by atoms with Crippen molar-refractivity contribution in [2.75, 3.05) is 6.61 Å². The molecule has 0 unspecified atom stereocenters. The molecule has 0 saturated heterocycles. The van der Waals surface area contributed by atoms with Gasteiger partial charge < -0.3 is 4.74 Å². The number of thiocarbonyl (C=S) groups is 1. The number of hydrogen-bond donors (Lipinski definition) is 0. The van der Waals surface area contributed by atoms with Gasteiger partial charge in [-0.1, -0.05) is 51.1 Å². The van der Waals surface area contributed by atoms with Crippen molar-refractivity contribution in [1.29, 1.82) is 0 Å². The smallest absolute Gasteiger partial charge is 0.186 e. The molecule has 18 heavy (non-hydrogen) atoms. The highest BCUT2D eigenvalue weighted by Gasteiger charge is 2.17. The minimum atomic E-state index is 0.196. The van der Waals surface area contributed by atoms with E-state index in [0.717, 1.165) is 12.0 Å². The van der Waals surface area contributed by atoms with Crippen LogP contribution in [0.2, 0.25) is 0 Å². The van der Waals surface area contributed by atoms with E-state index in [4.69, 9.17) is 17.0 Å². The normalized spacial score (nSPS) is 12.3. The third-order valence-corrected chi connectivity index (χ3v) is 2.78. The van der Waals surface area contributed by atoms with Gasteiger partial charge in [0, 0.05) is 5.57 Å². The highest BCUT2D eigenvalue weighted by atomic mass is 32.1. The highest BCUT2D eigenvalue weighted by molar-refractivity contribution is 7.80. The molecule has 0 aromatic heterocycles.